The molecule has 3 atom stereocenters. The smallest absolute Gasteiger partial charge is 0.320 e. The highest BCUT2D eigenvalue weighted by molar-refractivity contribution is 5.79. The summed E-state index contributed by atoms with van der Waals surface area (Å²) in [5.41, 5.74) is 0. The fourth-order valence-corrected chi connectivity index (χ4v) is 3.37. The highest BCUT2D eigenvalue weighted by atomic mass is 16.4. The molecule has 2 rings (SSSR count). The lowest BCUT2D eigenvalue weighted by molar-refractivity contribution is -0.142. The Labute approximate surface area is 113 Å². The SMILES string of the molecule is CCN(CCCO)C(=O)N1C2CCC1C(C(=O)O)C2. The molecule has 3 unspecified atom stereocenters. The Balaban J connectivity index is 2.05. The zero-order valence-electron chi connectivity index (χ0n) is 11.3. The molecule has 2 aliphatic rings. The number of carboxylic acid groups (broad SMARTS) is 1. The van der Waals surface area contributed by atoms with Crippen molar-refractivity contribution in [1.82, 2.24) is 9.80 Å². The van der Waals surface area contributed by atoms with E-state index in [9.17, 15) is 14.7 Å². The fourth-order valence-electron chi connectivity index (χ4n) is 3.37. The second-order valence-electron chi connectivity index (χ2n) is 5.33. The summed E-state index contributed by atoms with van der Waals surface area (Å²) in [6.45, 7) is 3.09. The molecule has 19 heavy (non-hydrogen) atoms. The monoisotopic (exact) mass is 270 g/mol. The summed E-state index contributed by atoms with van der Waals surface area (Å²) in [5.74, 6) is -1.19. The predicted octanol–water partition coefficient (Wildman–Crippen LogP) is 0.748. The molecule has 2 fully saturated rings. The molecule has 6 nitrogen and oxygen atoms in total. The summed E-state index contributed by atoms with van der Waals surface area (Å²) in [4.78, 5) is 27.2. The summed E-state index contributed by atoms with van der Waals surface area (Å²) in [6, 6.07) is -0.118. The van der Waals surface area contributed by atoms with Crippen molar-refractivity contribution in [2.45, 2.75) is 44.7 Å². The van der Waals surface area contributed by atoms with Crippen molar-refractivity contribution >= 4 is 12.0 Å². The number of nitrogens with zero attached hydrogens (tertiary/aromatic N) is 2. The maximum absolute atomic E-state index is 12.5. The molecule has 6 heteroatoms. The van der Waals surface area contributed by atoms with Gasteiger partial charge in [-0.3, -0.25) is 4.79 Å². The van der Waals surface area contributed by atoms with Crippen LogP contribution in [0, 0.1) is 5.92 Å². The molecule has 0 spiro atoms. The van der Waals surface area contributed by atoms with Gasteiger partial charge in [-0.2, -0.15) is 0 Å². The highest BCUT2D eigenvalue weighted by Gasteiger charge is 2.52. The van der Waals surface area contributed by atoms with E-state index in [1.807, 2.05) is 6.92 Å². The number of carbonyl (C=O) groups excluding carboxylic acids is 1. The number of hydrogen-bond acceptors (Lipinski definition) is 3. The van der Waals surface area contributed by atoms with E-state index in [4.69, 9.17) is 5.11 Å². The number of aliphatic hydroxyl groups is 1. The van der Waals surface area contributed by atoms with Crippen LogP contribution in [0.15, 0.2) is 0 Å². The molecule has 2 heterocycles. The molecule has 2 amide bonds. The minimum Gasteiger partial charge on any atom is -0.481 e. The van der Waals surface area contributed by atoms with Crippen LogP contribution in [0.3, 0.4) is 0 Å². The van der Waals surface area contributed by atoms with Gasteiger partial charge in [0.15, 0.2) is 0 Å². The number of aliphatic carboxylic acids is 1. The lowest BCUT2D eigenvalue weighted by Gasteiger charge is -2.30. The molecule has 2 aliphatic heterocycles. The number of urea groups is 1. The van der Waals surface area contributed by atoms with Crippen LogP contribution in [-0.2, 0) is 4.79 Å². The molecule has 0 aromatic heterocycles. The molecule has 0 aliphatic carbocycles. The lowest BCUT2D eigenvalue weighted by atomic mass is 9.89. The minimum atomic E-state index is -0.789. The van der Waals surface area contributed by atoms with Crippen LogP contribution in [0.4, 0.5) is 4.79 Å². The zero-order valence-corrected chi connectivity index (χ0v) is 11.3. The number of aliphatic hydroxyl groups excluding tert-OH is 1. The number of hydrogen-bond donors (Lipinski definition) is 2. The minimum absolute atomic E-state index is 0.0628. The van der Waals surface area contributed by atoms with E-state index in [1.54, 1.807) is 9.80 Å². The van der Waals surface area contributed by atoms with Crippen LogP contribution in [0.5, 0.6) is 0 Å². The van der Waals surface area contributed by atoms with E-state index in [-0.39, 0.29) is 24.7 Å². The van der Waals surface area contributed by atoms with Crippen molar-refractivity contribution in [3.63, 3.8) is 0 Å². The van der Waals surface area contributed by atoms with Crippen molar-refractivity contribution in [3.05, 3.63) is 0 Å². The first-order valence-corrected chi connectivity index (χ1v) is 7.01. The Morgan fingerprint density at radius 1 is 1.37 bits per heavy atom. The maximum Gasteiger partial charge on any atom is 0.320 e. The average molecular weight is 270 g/mol. The first kappa shape index (κ1) is 14.1. The standard InChI is InChI=1S/C13H22N2O4/c1-2-14(6-3-7-16)13(19)15-9-4-5-11(15)10(8-9)12(17)18/h9-11,16H,2-8H2,1H3,(H,17,18). The first-order valence-electron chi connectivity index (χ1n) is 7.01. The largest absolute Gasteiger partial charge is 0.481 e. The Hall–Kier alpha value is -1.30. The summed E-state index contributed by atoms with van der Waals surface area (Å²) >= 11 is 0. The lowest BCUT2D eigenvalue weighted by Crippen LogP contribution is -2.47. The van der Waals surface area contributed by atoms with E-state index in [2.05, 4.69) is 0 Å². The van der Waals surface area contributed by atoms with Gasteiger partial charge >= 0.3 is 12.0 Å². The Bertz CT molecular complexity index is 361. The third kappa shape index (κ3) is 2.54. The van der Waals surface area contributed by atoms with Crippen molar-refractivity contribution < 1.29 is 19.8 Å². The molecule has 2 bridgehead atoms. The summed E-state index contributed by atoms with van der Waals surface area (Å²) in [5, 5.41) is 18.0. The van der Waals surface area contributed by atoms with Gasteiger partial charge in [0.05, 0.1) is 5.92 Å². The maximum atomic E-state index is 12.5. The van der Waals surface area contributed by atoms with Gasteiger partial charge in [0.25, 0.3) is 0 Å². The van der Waals surface area contributed by atoms with Gasteiger partial charge in [-0.1, -0.05) is 0 Å². The van der Waals surface area contributed by atoms with E-state index >= 15 is 0 Å². The van der Waals surface area contributed by atoms with E-state index in [1.165, 1.54) is 0 Å². The van der Waals surface area contributed by atoms with E-state index < -0.39 is 11.9 Å². The predicted molar refractivity (Wildman–Crippen MR) is 68.7 cm³/mol. The zero-order chi connectivity index (χ0) is 14.0. The molecule has 0 radical (unpaired) electrons. The van der Waals surface area contributed by atoms with Crippen LogP contribution in [-0.4, -0.2) is 63.8 Å². The third-order valence-electron chi connectivity index (χ3n) is 4.31. The molecule has 2 N–H and O–H groups in total. The van der Waals surface area contributed by atoms with Crippen LogP contribution >= 0.6 is 0 Å². The first-order chi connectivity index (χ1) is 9.10. The Morgan fingerprint density at radius 3 is 2.63 bits per heavy atom. The quantitative estimate of drug-likeness (QED) is 0.772. The topological polar surface area (TPSA) is 81.1 Å². The molecule has 0 aromatic rings. The van der Waals surface area contributed by atoms with Gasteiger partial charge < -0.3 is 20.0 Å². The second kappa shape index (κ2) is 5.77. The van der Waals surface area contributed by atoms with E-state index in [0.29, 0.717) is 25.9 Å². The number of rotatable bonds is 5. The summed E-state index contributed by atoms with van der Waals surface area (Å²) in [7, 11) is 0. The van der Waals surface area contributed by atoms with Crippen LogP contribution < -0.4 is 0 Å². The molecular weight excluding hydrogens is 248 g/mol. The van der Waals surface area contributed by atoms with Gasteiger partial charge in [0.2, 0.25) is 0 Å². The van der Waals surface area contributed by atoms with Gasteiger partial charge in [0, 0.05) is 31.8 Å². The van der Waals surface area contributed by atoms with Crippen molar-refractivity contribution in [3.8, 4) is 0 Å². The van der Waals surface area contributed by atoms with Gasteiger partial charge in [-0.15, -0.1) is 0 Å². The second-order valence-corrected chi connectivity index (χ2v) is 5.33. The number of carbonyl (C=O) groups is 2. The normalized spacial score (nSPS) is 28.7. The number of fused-ring (bicyclic) bond motifs is 2. The van der Waals surface area contributed by atoms with Crippen LogP contribution in [0.2, 0.25) is 0 Å². The number of amides is 2. The van der Waals surface area contributed by atoms with Gasteiger partial charge in [-0.25, -0.2) is 4.79 Å². The van der Waals surface area contributed by atoms with Gasteiger partial charge in [0.1, 0.15) is 0 Å². The molecular formula is C13H22N2O4. The number of carboxylic acids is 1. The molecule has 108 valence electrons. The van der Waals surface area contributed by atoms with Crippen molar-refractivity contribution in [2.75, 3.05) is 19.7 Å². The van der Waals surface area contributed by atoms with Gasteiger partial charge in [-0.05, 0) is 32.6 Å². The summed E-state index contributed by atoms with van der Waals surface area (Å²) in [6.07, 6.45) is 2.86. The third-order valence-corrected chi connectivity index (χ3v) is 4.31. The molecule has 0 saturated carbocycles. The highest BCUT2D eigenvalue weighted by Crippen LogP contribution is 2.42. The fraction of sp³-hybridized carbons (Fsp3) is 0.846. The Morgan fingerprint density at radius 2 is 2.11 bits per heavy atom. The van der Waals surface area contributed by atoms with Crippen molar-refractivity contribution in [2.24, 2.45) is 5.92 Å². The van der Waals surface area contributed by atoms with Crippen LogP contribution in [0.1, 0.15) is 32.6 Å². The van der Waals surface area contributed by atoms with Crippen LogP contribution in [0.25, 0.3) is 0 Å². The molecule has 0 aromatic carbocycles. The Kier molecular flexibility index (Phi) is 4.29. The van der Waals surface area contributed by atoms with Crippen molar-refractivity contribution in [1.29, 1.82) is 0 Å². The average Bonchev–Trinajstić information content (AvgIpc) is 2.96. The summed E-state index contributed by atoms with van der Waals surface area (Å²) < 4.78 is 0. The van der Waals surface area contributed by atoms with E-state index in [0.717, 1.165) is 12.8 Å². The molecule has 2 saturated heterocycles.